The lowest BCUT2D eigenvalue weighted by atomic mass is 10.1. The van der Waals surface area contributed by atoms with E-state index in [9.17, 15) is 13.6 Å². The number of carbonyl (C=O) groups excluding carboxylic acids is 1. The Morgan fingerprint density at radius 2 is 2.40 bits per heavy atom. The summed E-state index contributed by atoms with van der Waals surface area (Å²) in [6.07, 6.45) is 3.04. The van der Waals surface area contributed by atoms with Gasteiger partial charge in [-0.3, -0.25) is 9.20 Å². The lowest BCUT2D eigenvalue weighted by Crippen LogP contribution is -2.26. The molecule has 0 radical (unpaired) electrons. The molecule has 6 heteroatoms. The van der Waals surface area contributed by atoms with Crippen LogP contribution in [0.5, 0.6) is 0 Å². The molecule has 15 heavy (non-hydrogen) atoms. The minimum absolute atomic E-state index is 0.322. The van der Waals surface area contributed by atoms with Crippen LogP contribution >= 0.6 is 11.3 Å². The summed E-state index contributed by atoms with van der Waals surface area (Å²) in [5, 5.41) is 1.84. The second-order valence-corrected chi connectivity index (χ2v) is 4.19. The zero-order chi connectivity index (χ0) is 11.1. The average Bonchev–Trinajstić information content (AvgIpc) is 2.61. The highest BCUT2D eigenvalue weighted by atomic mass is 32.1. The lowest BCUT2D eigenvalue weighted by Gasteiger charge is -2.06. The van der Waals surface area contributed by atoms with Crippen LogP contribution in [-0.2, 0) is 11.2 Å². The van der Waals surface area contributed by atoms with Crippen LogP contribution in [0.25, 0.3) is 4.96 Å². The maximum atomic E-state index is 12.6. The number of aromatic nitrogens is 2. The van der Waals surface area contributed by atoms with Crippen LogP contribution in [0.15, 0.2) is 17.8 Å². The van der Waals surface area contributed by atoms with Crippen LogP contribution in [0, 0.1) is 0 Å². The molecule has 0 saturated carbocycles. The van der Waals surface area contributed by atoms with Crippen LogP contribution in [0.3, 0.4) is 0 Å². The van der Waals surface area contributed by atoms with Crippen LogP contribution < -0.4 is 0 Å². The Labute approximate surface area is 88.4 Å². The Morgan fingerprint density at radius 3 is 3.00 bits per heavy atom. The van der Waals surface area contributed by atoms with E-state index in [0.29, 0.717) is 17.6 Å². The van der Waals surface area contributed by atoms with Gasteiger partial charge < -0.3 is 0 Å². The van der Waals surface area contributed by atoms with E-state index in [-0.39, 0.29) is 6.42 Å². The van der Waals surface area contributed by atoms with Gasteiger partial charge in [-0.15, -0.1) is 11.3 Å². The summed E-state index contributed by atoms with van der Waals surface area (Å²) in [5.41, 5.74) is 0.383. The smallest absolute Gasteiger partial charge is 0.297 e. The van der Waals surface area contributed by atoms with E-state index in [2.05, 4.69) is 4.98 Å². The molecule has 0 saturated heterocycles. The molecule has 2 rings (SSSR count). The van der Waals surface area contributed by atoms with Crippen molar-refractivity contribution in [3.8, 4) is 0 Å². The monoisotopic (exact) mass is 230 g/mol. The molecule has 2 heterocycles. The highest BCUT2D eigenvalue weighted by Gasteiger charge is 2.32. The van der Waals surface area contributed by atoms with Gasteiger partial charge in [0, 0.05) is 24.7 Å². The number of ketones is 1. The number of nitrogens with zero attached hydrogens (tertiary/aromatic N) is 2. The van der Waals surface area contributed by atoms with E-state index in [4.69, 9.17) is 0 Å². The number of Topliss-reactive ketones (excluding diaryl/α,β-unsaturated/α-hetero) is 1. The van der Waals surface area contributed by atoms with Crippen molar-refractivity contribution < 1.29 is 13.6 Å². The number of rotatable bonds is 3. The zero-order valence-electron chi connectivity index (χ0n) is 7.91. The fourth-order valence-corrected chi connectivity index (χ4v) is 1.90. The van der Waals surface area contributed by atoms with Gasteiger partial charge in [0.2, 0.25) is 5.78 Å². The lowest BCUT2D eigenvalue weighted by molar-refractivity contribution is -0.139. The highest BCUT2D eigenvalue weighted by Crippen LogP contribution is 2.17. The molecule has 0 aliphatic rings. The Morgan fingerprint density at radius 1 is 1.67 bits per heavy atom. The minimum atomic E-state index is -3.28. The summed E-state index contributed by atoms with van der Waals surface area (Å²) in [6, 6.07) is 0. The van der Waals surface area contributed by atoms with Crippen molar-refractivity contribution in [2.24, 2.45) is 0 Å². The second kappa shape index (κ2) is 3.37. The van der Waals surface area contributed by atoms with E-state index in [0.717, 1.165) is 0 Å². The van der Waals surface area contributed by atoms with Gasteiger partial charge >= 0.3 is 5.92 Å². The normalized spacial score (nSPS) is 12.2. The topological polar surface area (TPSA) is 34.4 Å². The largest absolute Gasteiger partial charge is 0.302 e. The first kappa shape index (κ1) is 10.2. The number of hydrogen-bond acceptors (Lipinski definition) is 3. The maximum Gasteiger partial charge on any atom is 0.302 e. The molecule has 0 aliphatic carbocycles. The quantitative estimate of drug-likeness (QED) is 0.809. The SMILES string of the molecule is CC(F)(F)C(=O)Cc1cn2ccsc2n1. The molecule has 0 aromatic carbocycles. The molecule has 0 amide bonds. The summed E-state index contributed by atoms with van der Waals surface area (Å²) in [7, 11) is 0. The maximum absolute atomic E-state index is 12.6. The summed E-state index contributed by atoms with van der Waals surface area (Å²) >= 11 is 1.40. The van der Waals surface area contributed by atoms with Crippen molar-refractivity contribution in [3.63, 3.8) is 0 Å². The summed E-state index contributed by atoms with van der Waals surface area (Å²) in [6.45, 7) is 0.605. The molecule has 0 bridgehead atoms. The number of thiazole rings is 1. The van der Waals surface area contributed by atoms with Crippen LogP contribution in [-0.4, -0.2) is 21.1 Å². The Hall–Kier alpha value is -1.30. The predicted octanol–water partition coefficient (Wildman–Crippen LogP) is 2.16. The van der Waals surface area contributed by atoms with Crippen molar-refractivity contribution in [1.29, 1.82) is 0 Å². The van der Waals surface area contributed by atoms with Gasteiger partial charge in [0.15, 0.2) is 4.96 Å². The summed E-state index contributed by atoms with van der Waals surface area (Å²) in [5.74, 6) is -4.38. The first-order chi connectivity index (χ1) is 6.97. The third-order valence-corrected chi connectivity index (χ3v) is 2.75. The van der Waals surface area contributed by atoms with Crippen molar-refractivity contribution in [2.45, 2.75) is 19.3 Å². The second-order valence-electron chi connectivity index (χ2n) is 3.31. The third-order valence-electron chi connectivity index (χ3n) is 1.97. The standard InChI is InChI=1S/C9H8F2N2OS/c1-9(10,11)7(14)4-6-5-13-2-3-15-8(13)12-6/h2-3,5H,4H2,1H3. The first-order valence-corrected chi connectivity index (χ1v) is 5.17. The molecule has 0 aliphatic heterocycles. The van der Waals surface area contributed by atoms with Gasteiger partial charge in [-0.2, -0.15) is 8.78 Å². The molecular formula is C9H8F2N2OS. The van der Waals surface area contributed by atoms with Gasteiger partial charge in [0.25, 0.3) is 0 Å². The van der Waals surface area contributed by atoms with Crippen molar-refractivity contribution in [3.05, 3.63) is 23.5 Å². The molecular weight excluding hydrogens is 222 g/mol. The van der Waals surface area contributed by atoms with Gasteiger partial charge in [0.05, 0.1) is 12.1 Å². The average molecular weight is 230 g/mol. The molecule has 3 nitrogen and oxygen atoms in total. The number of alkyl halides is 2. The van der Waals surface area contributed by atoms with Crippen molar-refractivity contribution in [1.82, 2.24) is 9.38 Å². The van der Waals surface area contributed by atoms with E-state index in [1.54, 1.807) is 16.8 Å². The third kappa shape index (κ3) is 2.04. The fraction of sp³-hybridized carbons (Fsp3) is 0.333. The Kier molecular flexibility index (Phi) is 2.30. The molecule has 80 valence electrons. The fourth-order valence-electron chi connectivity index (χ4n) is 1.18. The van der Waals surface area contributed by atoms with Gasteiger partial charge in [-0.05, 0) is 0 Å². The Bertz CT molecular complexity index is 469. The van der Waals surface area contributed by atoms with Gasteiger partial charge in [-0.1, -0.05) is 0 Å². The van der Waals surface area contributed by atoms with E-state index >= 15 is 0 Å². The number of imidazole rings is 1. The molecule has 0 N–H and O–H groups in total. The number of fused-ring (bicyclic) bond motifs is 1. The summed E-state index contributed by atoms with van der Waals surface area (Å²) < 4.78 is 26.9. The van der Waals surface area contributed by atoms with Crippen LogP contribution in [0.1, 0.15) is 12.6 Å². The van der Waals surface area contributed by atoms with E-state index in [1.807, 2.05) is 5.38 Å². The number of halogens is 2. The van der Waals surface area contributed by atoms with Crippen LogP contribution in [0.4, 0.5) is 8.78 Å². The first-order valence-electron chi connectivity index (χ1n) is 4.29. The number of hydrogen-bond donors (Lipinski definition) is 0. The molecule has 0 atom stereocenters. The molecule has 2 aromatic heterocycles. The van der Waals surface area contributed by atoms with E-state index < -0.39 is 11.7 Å². The van der Waals surface area contributed by atoms with Crippen LogP contribution in [0.2, 0.25) is 0 Å². The molecule has 2 aromatic rings. The minimum Gasteiger partial charge on any atom is -0.297 e. The van der Waals surface area contributed by atoms with E-state index in [1.165, 1.54) is 11.3 Å². The number of carbonyl (C=O) groups is 1. The van der Waals surface area contributed by atoms with Gasteiger partial charge in [-0.25, -0.2) is 4.98 Å². The van der Waals surface area contributed by atoms with Crippen molar-refractivity contribution in [2.75, 3.05) is 0 Å². The highest BCUT2D eigenvalue weighted by molar-refractivity contribution is 7.15. The molecule has 0 spiro atoms. The molecule has 0 unspecified atom stereocenters. The zero-order valence-corrected chi connectivity index (χ0v) is 8.72. The predicted molar refractivity (Wildman–Crippen MR) is 52.4 cm³/mol. The Balaban J connectivity index is 2.20. The summed E-state index contributed by atoms with van der Waals surface area (Å²) in [4.78, 5) is 15.8. The van der Waals surface area contributed by atoms with Gasteiger partial charge in [0.1, 0.15) is 0 Å². The molecule has 0 fully saturated rings. The van der Waals surface area contributed by atoms with Crippen molar-refractivity contribution >= 4 is 22.1 Å².